The van der Waals surface area contributed by atoms with Gasteiger partial charge in [0, 0.05) is 18.1 Å². The number of carbonyl (C=O) groups is 2. The molecule has 3 aromatic rings. The number of amides is 2. The van der Waals surface area contributed by atoms with E-state index in [9.17, 15) is 18.0 Å². The maximum absolute atomic E-state index is 13.6. The molecule has 0 spiro atoms. The molecule has 0 unspecified atom stereocenters. The van der Waals surface area contributed by atoms with Gasteiger partial charge in [-0.15, -0.1) is 0 Å². The van der Waals surface area contributed by atoms with Crippen LogP contribution >= 0.6 is 23.2 Å². The lowest BCUT2D eigenvalue weighted by molar-refractivity contribution is -0.114. The molecule has 1 aliphatic heterocycles. The third-order valence-electron chi connectivity index (χ3n) is 5.80. The fourth-order valence-electron chi connectivity index (χ4n) is 3.85. The van der Waals surface area contributed by atoms with Crippen LogP contribution in [-0.4, -0.2) is 58.0 Å². The number of rotatable bonds is 7. The second kappa shape index (κ2) is 11.5. The summed E-state index contributed by atoms with van der Waals surface area (Å²) in [5, 5.41) is 3.06. The number of sulfonamides is 1. The average molecular weight is 562 g/mol. The molecule has 1 N–H and O–H groups in total. The number of morpholine rings is 1. The van der Waals surface area contributed by atoms with Crippen LogP contribution in [0.25, 0.3) is 0 Å². The van der Waals surface area contributed by atoms with Gasteiger partial charge in [0.15, 0.2) is 0 Å². The topological polar surface area (TPSA) is 96.0 Å². The highest BCUT2D eigenvalue weighted by Gasteiger charge is 2.30. The molecular formula is C26H25Cl2N3O5S. The number of hydrogen-bond donors (Lipinski definition) is 1. The zero-order chi connectivity index (χ0) is 26.6. The molecule has 194 valence electrons. The summed E-state index contributed by atoms with van der Waals surface area (Å²) in [6.45, 7) is 2.99. The van der Waals surface area contributed by atoms with E-state index in [1.165, 1.54) is 30.3 Å². The monoisotopic (exact) mass is 561 g/mol. The van der Waals surface area contributed by atoms with Crippen LogP contribution in [-0.2, 0) is 19.6 Å². The summed E-state index contributed by atoms with van der Waals surface area (Å²) in [4.78, 5) is 28.0. The summed E-state index contributed by atoms with van der Waals surface area (Å²) < 4.78 is 33.5. The minimum Gasteiger partial charge on any atom is -0.378 e. The van der Waals surface area contributed by atoms with Crippen molar-refractivity contribution in [2.75, 3.05) is 42.5 Å². The summed E-state index contributed by atoms with van der Waals surface area (Å²) in [5.74, 6) is -0.907. The second-order valence-electron chi connectivity index (χ2n) is 8.42. The highest BCUT2D eigenvalue weighted by atomic mass is 35.5. The predicted octanol–water partition coefficient (Wildman–Crippen LogP) is 4.61. The Balaban J connectivity index is 1.65. The van der Waals surface area contributed by atoms with Gasteiger partial charge in [-0.1, -0.05) is 53.0 Å². The first-order valence-corrected chi connectivity index (χ1v) is 13.7. The Morgan fingerprint density at radius 2 is 1.68 bits per heavy atom. The molecule has 1 aliphatic rings. The lowest BCUT2D eigenvalue weighted by atomic mass is 10.1. The van der Waals surface area contributed by atoms with Crippen molar-refractivity contribution in [3.05, 3.63) is 87.9 Å². The Morgan fingerprint density at radius 3 is 2.38 bits per heavy atom. The standard InChI is InChI=1S/C26H25Cl2N3O5S/c1-18-6-9-20(10-7-18)37(34,35)31(24-16-19(27)8-11-22(24)28)17-25(32)29-23-5-3-2-4-21(23)26(33)30-12-14-36-15-13-30/h2-11,16H,12-15,17H2,1H3,(H,29,32). The lowest BCUT2D eigenvalue weighted by Crippen LogP contribution is -2.41. The first kappa shape index (κ1) is 26.9. The molecule has 0 aromatic heterocycles. The molecule has 2 amide bonds. The van der Waals surface area contributed by atoms with Gasteiger partial charge in [0.2, 0.25) is 5.91 Å². The van der Waals surface area contributed by atoms with E-state index in [1.54, 1.807) is 41.3 Å². The van der Waals surface area contributed by atoms with Gasteiger partial charge in [0.25, 0.3) is 15.9 Å². The fraction of sp³-hybridized carbons (Fsp3) is 0.231. The Morgan fingerprint density at radius 1 is 1.00 bits per heavy atom. The quantitative estimate of drug-likeness (QED) is 0.454. The molecule has 0 bridgehead atoms. The molecule has 1 fully saturated rings. The van der Waals surface area contributed by atoms with Crippen molar-refractivity contribution in [2.45, 2.75) is 11.8 Å². The second-order valence-corrected chi connectivity index (χ2v) is 11.1. The first-order valence-electron chi connectivity index (χ1n) is 11.5. The van der Waals surface area contributed by atoms with Crippen LogP contribution in [0.4, 0.5) is 11.4 Å². The minimum atomic E-state index is -4.20. The Labute approximate surface area is 225 Å². The van der Waals surface area contributed by atoms with E-state index < -0.39 is 22.5 Å². The van der Waals surface area contributed by atoms with Gasteiger partial charge >= 0.3 is 0 Å². The van der Waals surface area contributed by atoms with Crippen molar-refractivity contribution in [1.82, 2.24) is 4.90 Å². The van der Waals surface area contributed by atoms with Crippen molar-refractivity contribution in [3.8, 4) is 0 Å². The number of nitrogens with zero attached hydrogens (tertiary/aromatic N) is 2. The number of nitrogens with one attached hydrogen (secondary N) is 1. The van der Waals surface area contributed by atoms with E-state index in [0.717, 1.165) is 9.87 Å². The number of hydrogen-bond acceptors (Lipinski definition) is 5. The van der Waals surface area contributed by atoms with Gasteiger partial charge in [0.05, 0.1) is 40.1 Å². The zero-order valence-electron chi connectivity index (χ0n) is 20.0. The SMILES string of the molecule is Cc1ccc(S(=O)(=O)N(CC(=O)Nc2ccccc2C(=O)N2CCOCC2)c2cc(Cl)ccc2Cl)cc1. The highest BCUT2D eigenvalue weighted by molar-refractivity contribution is 7.92. The number of para-hydroxylation sites is 1. The van der Waals surface area contributed by atoms with Crippen LogP contribution in [0.3, 0.4) is 0 Å². The maximum atomic E-state index is 13.6. The van der Waals surface area contributed by atoms with E-state index >= 15 is 0 Å². The zero-order valence-corrected chi connectivity index (χ0v) is 22.3. The van der Waals surface area contributed by atoms with Gasteiger partial charge in [-0.3, -0.25) is 13.9 Å². The Kier molecular flexibility index (Phi) is 8.39. The van der Waals surface area contributed by atoms with Gasteiger partial charge in [-0.25, -0.2) is 8.42 Å². The molecule has 37 heavy (non-hydrogen) atoms. The number of aryl methyl sites for hydroxylation is 1. The van der Waals surface area contributed by atoms with Crippen LogP contribution in [0.1, 0.15) is 15.9 Å². The number of halogens is 2. The summed E-state index contributed by atoms with van der Waals surface area (Å²) >= 11 is 12.5. The normalized spacial score (nSPS) is 13.8. The highest BCUT2D eigenvalue weighted by Crippen LogP contribution is 2.33. The molecular weight excluding hydrogens is 537 g/mol. The first-order chi connectivity index (χ1) is 17.7. The van der Waals surface area contributed by atoms with Crippen LogP contribution in [0, 0.1) is 6.92 Å². The van der Waals surface area contributed by atoms with Crippen molar-refractivity contribution in [2.24, 2.45) is 0 Å². The van der Waals surface area contributed by atoms with Crippen LogP contribution in [0.5, 0.6) is 0 Å². The van der Waals surface area contributed by atoms with Gasteiger partial charge in [0.1, 0.15) is 6.54 Å². The third-order valence-corrected chi connectivity index (χ3v) is 8.13. The number of ether oxygens (including phenoxy) is 1. The van der Waals surface area contributed by atoms with E-state index in [4.69, 9.17) is 27.9 Å². The van der Waals surface area contributed by atoms with Crippen molar-refractivity contribution in [3.63, 3.8) is 0 Å². The van der Waals surface area contributed by atoms with Gasteiger partial charge in [-0.2, -0.15) is 0 Å². The van der Waals surface area contributed by atoms with E-state index in [2.05, 4.69) is 5.32 Å². The van der Waals surface area contributed by atoms with E-state index in [-0.39, 0.29) is 32.2 Å². The molecule has 1 saturated heterocycles. The summed E-state index contributed by atoms with van der Waals surface area (Å²) in [6, 6.07) is 17.2. The third kappa shape index (κ3) is 6.24. The van der Waals surface area contributed by atoms with Crippen LogP contribution in [0.15, 0.2) is 71.6 Å². The molecule has 3 aromatic carbocycles. The molecule has 0 radical (unpaired) electrons. The fourth-order valence-corrected chi connectivity index (χ4v) is 5.72. The minimum absolute atomic E-state index is 0.00941. The van der Waals surface area contributed by atoms with Crippen LogP contribution in [0.2, 0.25) is 10.0 Å². The number of carbonyl (C=O) groups excluding carboxylic acids is 2. The Hall–Kier alpha value is -3.11. The number of anilines is 2. The molecule has 8 nitrogen and oxygen atoms in total. The largest absolute Gasteiger partial charge is 0.378 e. The van der Waals surface area contributed by atoms with E-state index in [1.807, 2.05) is 6.92 Å². The lowest BCUT2D eigenvalue weighted by Gasteiger charge is -2.28. The Bertz CT molecular complexity index is 1410. The average Bonchev–Trinajstić information content (AvgIpc) is 2.89. The molecule has 1 heterocycles. The smallest absolute Gasteiger partial charge is 0.264 e. The van der Waals surface area contributed by atoms with Crippen molar-refractivity contribution >= 4 is 56.4 Å². The van der Waals surface area contributed by atoms with Gasteiger partial charge in [-0.05, 0) is 49.4 Å². The number of benzene rings is 3. The van der Waals surface area contributed by atoms with Gasteiger partial charge < -0.3 is 15.0 Å². The van der Waals surface area contributed by atoms with Crippen LogP contribution < -0.4 is 9.62 Å². The summed E-state index contributed by atoms with van der Waals surface area (Å²) in [7, 11) is -4.20. The van der Waals surface area contributed by atoms with E-state index in [0.29, 0.717) is 31.9 Å². The molecule has 4 rings (SSSR count). The molecule has 0 atom stereocenters. The summed E-state index contributed by atoms with van der Waals surface area (Å²) in [6.07, 6.45) is 0. The summed E-state index contributed by atoms with van der Waals surface area (Å²) in [5.41, 5.74) is 1.51. The molecule has 11 heteroatoms. The maximum Gasteiger partial charge on any atom is 0.264 e. The van der Waals surface area contributed by atoms with Crippen molar-refractivity contribution in [1.29, 1.82) is 0 Å². The molecule has 0 saturated carbocycles. The van der Waals surface area contributed by atoms with Crippen molar-refractivity contribution < 1.29 is 22.7 Å². The predicted molar refractivity (Wildman–Crippen MR) is 144 cm³/mol. The molecule has 0 aliphatic carbocycles.